The number of hydrogen-bond donors (Lipinski definition) is 1. The quantitative estimate of drug-likeness (QED) is 0.158. The van der Waals surface area contributed by atoms with Gasteiger partial charge in [0.15, 0.2) is 0 Å². The Morgan fingerprint density at radius 1 is 0.927 bits per heavy atom. The number of unbranched alkanes of at least 4 members (excludes halogenated alkanes) is 1. The minimum absolute atomic E-state index is 0.00696. The second-order valence-corrected chi connectivity index (χ2v) is 13.5. The van der Waals surface area contributed by atoms with Gasteiger partial charge >= 0.3 is 0 Å². The lowest BCUT2D eigenvalue weighted by atomic mass is 10.0. The summed E-state index contributed by atoms with van der Waals surface area (Å²) in [7, 11) is -4.01. The van der Waals surface area contributed by atoms with E-state index in [4.69, 9.17) is 34.8 Å². The maximum absolute atomic E-state index is 14.1. The summed E-state index contributed by atoms with van der Waals surface area (Å²) in [6, 6.07) is 18.4. The number of benzene rings is 3. The van der Waals surface area contributed by atoms with Crippen molar-refractivity contribution in [1.82, 2.24) is 10.2 Å². The first-order chi connectivity index (χ1) is 19.4. The number of anilines is 1. The molecule has 2 amide bonds. The minimum atomic E-state index is -4.01. The van der Waals surface area contributed by atoms with Gasteiger partial charge in [-0.1, -0.05) is 107 Å². The molecule has 0 aromatic heterocycles. The Hall–Kier alpha value is -2.30. The number of halogens is 4. The van der Waals surface area contributed by atoms with E-state index in [2.05, 4.69) is 21.2 Å². The van der Waals surface area contributed by atoms with Crippen LogP contribution in [0.3, 0.4) is 0 Å². The van der Waals surface area contributed by atoms with Crippen molar-refractivity contribution in [3.05, 3.63) is 97.4 Å². The van der Waals surface area contributed by atoms with Crippen LogP contribution in [0.4, 0.5) is 5.69 Å². The molecular weight excluding hydrogens is 673 g/mol. The first-order valence-corrected chi connectivity index (χ1v) is 16.7. The molecule has 3 rings (SSSR count). The molecule has 0 aliphatic carbocycles. The Kier molecular flexibility index (Phi) is 12.4. The third kappa shape index (κ3) is 9.61. The van der Waals surface area contributed by atoms with Crippen molar-refractivity contribution in [3.63, 3.8) is 0 Å². The van der Waals surface area contributed by atoms with Crippen LogP contribution >= 0.6 is 50.7 Å². The van der Waals surface area contributed by atoms with Crippen molar-refractivity contribution >= 4 is 78.3 Å². The van der Waals surface area contributed by atoms with Crippen molar-refractivity contribution in [2.75, 3.05) is 23.7 Å². The Labute approximate surface area is 264 Å². The molecule has 220 valence electrons. The third-order valence-corrected chi connectivity index (χ3v) is 8.98. The highest BCUT2D eigenvalue weighted by molar-refractivity contribution is 9.10. The van der Waals surface area contributed by atoms with E-state index in [1.54, 1.807) is 0 Å². The predicted molar refractivity (Wildman–Crippen MR) is 170 cm³/mol. The molecule has 0 aliphatic heterocycles. The van der Waals surface area contributed by atoms with Gasteiger partial charge in [0.2, 0.25) is 21.8 Å². The second kappa shape index (κ2) is 15.3. The van der Waals surface area contributed by atoms with Crippen molar-refractivity contribution in [1.29, 1.82) is 0 Å². The molecule has 0 fully saturated rings. The normalized spacial score (nSPS) is 12.0. The fraction of sp³-hybridized carbons (Fsp3) is 0.310. The summed E-state index contributed by atoms with van der Waals surface area (Å²) in [6.07, 6.45) is 2.87. The van der Waals surface area contributed by atoms with Crippen LogP contribution in [-0.2, 0) is 32.6 Å². The summed E-state index contributed by atoms with van der Waals surface area (Å²) < 4.78 is 27.6. The largest absolute Gasteiger partial charge is 0.354 e. The Bertz CT molecular complexity index is 1460. The molecule has 1 unspecified atom stereocenters. The van der Waals surface area contributed by atoms with E-state index in [0.717, 1.165) is 39.0 Å². The zero-order valence-electron chi connectivity index (χ0n) is 22.6. The summed E-state index contributed by atoms with van der Waals surface area (Å²) >= 11 is 22.0. The molecule has 0 heterocycles. The lowest BCUT2D eigenvalue weighted by Gasteiger charge is -2.33. The molecule has 0 radical (unpaired) electrons. The van der Waals surface area contributed by atoms with E-state index in [9.17, 15) is 18.0 Å². The van der Waals surface area contributed by atoms with E-state index < -0.39 is 28.5 Å². The first-order valence-electron chi connectivity index (χ1n) is 12.9. The minimum Gasteiger partial charge on any atom is -0.354 e. The van der Waals surface area contributed by atoms with Gasteiger partial charge in [0.1, 0.15) is 12.6 Å². The monoisotopic (exact) mass is 701 g/mol. The van der Waals surface area contributed by atoms with Crippen molar-refractivity contribution in [2.24, 2.45) is 0 Å². The van der Waals surface area contributed by atoms with Gasteiger partial charge in [0.25, 0.3) is 0 Å². The van der Waals surface area contributed by atoms with Gasteiger partial charge in [-0.05, 0) is 41.8 Å². The van der Waals surface area contributed by atoms with Crippen molar-refractivity contribution in [2.45, 2.75) is 38.8 Å². The molecule has 0 spiro atoms. The molecule has 0 saturated heterocycles. The summed E-state index contributed by atoms with van der Waals surface area (Å²) in [4.78, 5) is 29.1. The molecular formula is C29H31BrCl3N3O4S. The predicted octanol–water partition coefficient (Wildman–Crippen LogP) is 6.73. The van der Waals surface area contributed by atoms with Gasteiger partial charge in [-0.2, -0.15) is 0 Å². The van der Waals surface area contributed by atoms with Gasteiger partial charge in [0.05, 0.1) is 27.0 Å². The average Bonchev–Trinajstić information content (AvgIpc) is 2.92. The molecule has 12 heteroatoms. The standard InChI is InChI=1S/C29H31BrCl3N3O4S/c1-3-4-14-34-29(38)27(15-20-8-6-5-7-9-20)35(18-21-10-12-22(30)13-11-21)28(37)19-36(41(2,39)40)26-17-24(32)23(31)16-25(26)33/h5-13,16-17,27H,3-4,14-15,18-19H2,1-2H3,(H,34,38). The number of amides is 2. The van der Waals surface area contributed by atoms with Gasteiger partial charge < -0.3 is 10.2 Å². The van der Waals surface area contributed by atoms with Crippen LogP contribution in [0.1, 0.15) is 30.9 Å². The number of carbonyl (C=O) groups is 2. The highest BCUT2D eigenvalue weighted by atomic mass is 79.9. The fourth-order valence-electron chi connectivity index (χ4n) is 4.14. The van der Waals surface area contributed by atoms with Crippen LogP contribution < -0.4 is 9.62 Å². The van der Waals surface area contributed by atoms with Crippen LogP contribution in [0.15, 0.2) is 71.2 Å². The van der Waals surface area contributed by atoms with E-state index in [0.29, 0.717) is 6.54 Å². The number of sulfonamides is 1. The highest BCUT2D eigenvalue weighted by Crippen LogP contribution is 2.35. The molecule has 3 aromatic rings. The SMILES string of the molecule is CCCCNC(=O)C(Cc1ccccc1)N(Cc1ccc(Br)cc1)C(=O)CN(c1cc(Cl)c(Cl)cc1Cl)S(C)(=O)=O. The van der Waals surface area contributed by atoms with Crippen LogP contribution in [-0.4, -0.2) is 50.5 Å². The van der Waals surface area contributed by atoms with Gasteiger partial charge in [-0.3, -0.25) is 13.9 Å². The number of nitrogens with zero attached hydrogens (tertiary/aromatic N) is 2. The molecule has 1 atom stereocenters. The zero-order valence-corrected chi connectivity index (χ0v) is 27.3. The number of hydrogen-bond acceptors (Lipinski definition) is 4. The van der Waals surface area contributed by atoms with E-state index in [1.165, 1.54) is 17.0 Å². The van der Waals surface area contributed by atoms with E-state index in [-0.39, 0.29) is 39.6 Å². The maximum atomic E-state index is 14.1. The number of carbonyl (C=O) groups excluding carboxylic acids is 2. The first kappa shape index (κ1) is 33.2. The summed E-state index contributed by atoms with van der Waals surface area (Å²) in [5.41, 5.74) is 1.62. The fourth-order valence-corrected chi connectivity index (χ4v) is 5.96. The van der Waals surface area contributed by atoms with Crippen molar-refractivity contribution in [3.8, 4) is 0 Å². The number of rotatable bonds is 13. The molecule has 1 N–H and O–H groups in total. The van der Waals surface area contributed by atoms with Crippen LogP contribution in [0.25, 0.3) is 0 Å². The van der Waals surface area contributed by atoms with Gasteiger partial charge in [-0.25, -0.2) is 8.42 Å². The lowest BCUT2D eigenvalue weighted by Crippen LogP contribution is -2.53. The van der Waals surface area contributed by atoms with Crippen LogP contribution in [0.5, 0.6) is 0 Å². The second-order valence-electron chi connectivity index (χ2n) is 9.49. The zero-order chi connectivity index (χ0) is 30.2. The maximum Gasteiger partial charge on any atom is 0.244 e. The Balaban J connectivity index is 2.07. The van der Waals surface area contributed by atoms with Crippen LogP contribution in [0, 0.1) is 0 Å². The Morgan fingerprint density at radius 2 is 1.56 bits per heavy atom. The van der Waals surface area contributed by atoms with Crippen LogP contribution in [0.2, 0.25) is 15.1 Å². The topological polar surface area (TPSA) is 86.8 Å². The average molecular weight is 704 g/mol. The Morgan fingerprint density at radius 3 is 2.17 bits per heavy atom. The third-order valence-electron chi connectivity index (χ3n) is 6.30. The highest BCUT2D eigenvalue weighted by Gasteiger charge is 2.33. The smallest absolute Gasteiger partial charge is 0.244 e. The molecule has 0 saturated carbocycles. The summed E-state index contributed by atoms with van der Waals surface area (Å²) in [6.45, 7) is 1.93. The lowest BCUT2D eigenvalue weighted by molar-refractivity contribution is -0.140. The van der Waals surface area contributed by atoms with E-state index >= 15 is 0 Å². The molecule has 0 aliphatic rings. The van der Waals surface area contributed by atoms with Gasteiger partial charge in [-0.15, -0.1) is 0 Å². The summed E-state index contributed by atoms with van der Waals surface area (Å²) in [5, 5.41) is 3.18. The van der Waals surface area contributed by atoms with Crippen molar-refractivity contribution < 1.29 is 18.0 Å². The molecule has 7 nitrogen and oxygen atoms in total. The molecule has 3 aromatic carbocycles. The summed E-state index contributed by atoms with van der Waals surface area (Å²) in [5.74, 6) is -0.918. The molecule has 41 heavy (non-hydrogen) atoms. The number of nitrogens with one attached hydrogen (secondary N) is 1. The van der Waals surface area contributed by atoms with E-state index in [1.807, 2.05) is 61.5 Å². The van der Waals surface area contributed by atoms with Gasteiger partial charge in [0, 0.05) is 24.0 Å². The molecule has 0 bridgehead atoms.